The minimum absolute atomic E-state index is 0.0116. The fourth-order valence-electron chi connectivity index (χ4n) is 6.33. The van der Waals surface area contributed by atoms with E-state index in [2.05, 4.69) is 17.4 Å². The SMILES string of the molecule is O=C(COc1ccc2ccccc2c1)NCC12CC3C[C@@H](CC[C@@H](C3)C1)C2. The van der Waals surface area contributed by atoms with Crippen molar-refractivity contribution in [1.29, 1.82) is 0 Å². The van der Waals surface area contributed by atoms with Crippen molar-refractivity contribution in [3.63, 3.8) is 0 Å². The molecule has 4 atom stereocenters. The molecule has 2 aromatic rings. The average molecular weight is 364 g/mol. The minimum atomic E-state index is 0.0116. The molecule has 0 saturated heterocycles. The molecule has 3 heteroatoms. The largest absolute Gasteiger partial charge is 0.484 e. The Bertz CT molecular complexity index is 829. The molecule has 4 fully saturated rings. The molecule has 1 N–H and O–H groups in total. The van der Waals surface area contributed by atoms with Crippen LogP contribution < -0.4 is 10.1 Å². The lowest BCUT2D eigenvalue weighted by Gasteiger charge is -2.48. The van der Waals surface area contributed by atoms with Crippen LogP contribution >= 0.6 is 0 Å². The van der Waals surface area contributed by atoms with Gasteiger partial charge in [0.15, 0.2) is 6.61 Å². The molecule has 4 bridgehead atoms. The van der Waals surface area contributed by atoms with Gasteiger partial charge in [-0.15, -0.1) is 0 Å². The predicted molar refractivity (Wildman–Crippen MR) is 108 cm³/mol. The molecule has 27 heavy (non-hydrogen) atoms. The zero-order chi connectivity index (χ0) is 18.3. The molecule has 1 amide bonds. The molecule has 3 nitrogen and oxygen atoms in total. The third-order valence-electron chi connectivity index (χ3n) is 7.23. The summed E-state index contributed by atoms with van der Waals surface area (Å²) in [6, 6.07) is 14.2. The Morgan fingerprint density at radius 1 is 0.963 bits per heavy atom. The van der Waals surface area contributed by atoms with Gasteiger partial charge in [-0.25, -0.2) is 0 Å². The topological polar surface area (TPSA) is 38.3 Å². The molecule has 4 aliphatic carbocycles. The molecule has 4 aliphatic rings. The third kappa shape index (κ3) is 3.56. The van der Waals surface area contributed by atoms with Crippen LogP contribution in [0.25, 0.3) is 10.8 Å². The second-order valence-corrected chi connectivity index (χ2v) is 9.33. The monoisotopic (exact) mass is 363 g/mol. The summed E-state index contributed by atoms with van der Waals surface area (Å²) in [6.45, 7) is 0.946. The van der Waals surface area contributed by atoms with Gasteiger partial charge in [0.1, 0.15) is 5.75 Å². The first kappa shape index (κ1) is 17.1. The highest BCUT2D eigenvalue weighted by Gasteiger charge is 2.48. The molecule has 0 aromatic heterocycles. The first-order valence-corrected chi connectivity index (χ1v) is 10.6. The van der Waals surface area contributed by atoms with E-state index < -0.39 is 0 Å². The van der Waals surface area contributed by atoms with E-state index in [-0.39, 0.29) is 12.5 Å². The normalized spacial score (nSPS) is 31.6. The number of hydrogen-bond donors (Lipinski definition) is 1. The van der Waals surface area contributed by atoms with Crippen molar-refractivity contribution in [1.82, 2.24) is 5.32 Å². The van der Waals surface area contributed by atoms with Crippen LogP contribution in [0.3, 0.4) is 0 Å². The van der Waals surface area contributed by atoms with E-state index in [1.807, 2.05) is 30.3 Å². The van der Waals surface area contributed by atoms with Crippen LogP contribution in [0.4, 0.5) is 0 Å². The maximum atomic E-state index is 12.4. The van der Waals surface area contributed by atoms with E-state index in [1.54, 1.807) is 0 Å². The minimum Gasteiger partial charge on any atom is -0.484 e. The quantitative estimate of drug-likeness (QED) is 0.817. The lowest BCUT2D eigenvalue weighted by atomic mass is 9.58. The van der Waals surface area contributed by atoms with E-state index in [1.165, 1.54) is 50.3 Å². The molecule has 0 radical (unpaired) electrons. The summed E-state index contributed by atoms with van der Waals surface area (Å²) in [6.07, 6.45) is 9.70. The van der Waals surface area contributed by atoms with Crippen LogP contribution in [0.5, 0.6) is 5.75 Å². The number of benzene rings is 2. The number of carbonyl (C=O) groups excluding carboxylic acids is 1. The Morgan fingerprint density at radius 3 is 2.44 bits per heavy atom. The van der Waals surface area contributed by atoms with Crippen molar-refractivity contribution in [3.05, 3.63) is 42.5 Å². The highest BCUT2D eigenvalue weighted by Crippen LogP contribution is 2.57. The van der Waals surface area contributed by atoms with Crippen molar-refractivity contribution >= 4 is 16.7 Å². The van der Waals surface area contributed by atoms with Gasteiger partial charge in [-0.1, -0.05) is 43.2 Å². The molecular formula is C24H29NO2. The van der Waals surface area contributed by atoms with Gasteiger partial charge in [-0.05, 0) is 78.2 Å². The first-order valence-electron chi connectivity index (χ1n) is 10.6. The summed E-state index contributed by atoms with van der Waals surface area (Å²) in [7, 11) is 0. The Kier molecular flexibility index (Phi) is 4.34. The molecular weight excluding hydrogens is 334 g/mol. The van der Waals surface area contributed by atoms with Crippen LogP contribution in [-0.4, -0.2) is 19.1 Å². The maximum absolute atomic E-state index is 12.4. The van der Waals surface area contributed by atoms with E-state index in [9.17, 15) is 4.79 Å². The molecule has 0 aliphatic heterocycles. The Hall–Kier alpha value is -2.03. The molecule has 4 saturated carbocycles. The molecule has 0 heterocycles. The zero-order valence-electron chi connectivity index (χ0n) is 16.0. The van der Waals surface area contributed by atoms with Crippen LogP contribution in [0.15, 0.2) is 42.5 Å². The van der Waals surface area contributed by atoms with E-state index in [4.69, 9.17) is 4.74 Å². The lowest BCUT2D eigenvalue weighted by Crippen LogP contribution is -2.46. The van der Waals surface area contributed by atoms with E-state index >= 15 is 0 Å². The van der Waals surface area contributed by atoms with E-state index in [0.29, 0.717) is 5.41 Å². The van der Waals surface area contributed by atoms with Crippen molar-refractivity contribution < 1.29 is 9.53 Å². The van der Waals surface area contributed by atoms with E-state index in [0.717, 1.165) is 35.4 Å². The highest BCUT2D eigenvalue weighted by molar-refractivity contribution is 5.84. The Balaban J connectivity index is 1.17. The number of hydrogen-bond acceptors (Lipinski definition) is 2. The molecule has 6 rings (SSSR count). The fraction of sp³-hybridized carbons (Fsp3) is 0.542. The van der Waals surface area contributed by atoms with Gasteiger partial charge >= 0.3 is 0 Å². The first-order chi connectivity index (χ1) is 13.2. The number of fused-ring (bicyclic) bond motifs is 2. The van der Waals surface area contributed by atoms with Crippen LogP contribution in [0, 0.1) is 23.2 Å². The number of rotatable bonds is 5. The van der Waals surface area contributed by atoms with Gasteiger partial charge in [-0.3, -0.25) is 4.79 Å². The maximum Gasteiger partial charge on any atom is 0.257 e. The van der Waals surface area contributed by atoms with Gasteiger partial charge in [0.25, 0.3) is 5.91 Å². The third-order valence-corrected chi connectivity index (χ3v) is 7.23. The highest BCUT2D eigenvalue weighted by atomic mass is 16.5. The zero-order valence-corrected chi connectivity index (χ0v) is 16.0. The summed E-state index contributed by atoms with van der Waals surface area (Å²) in [4.78, 5) is 12.4. The summed E-state index contributed by atoms with van der Waals surface area (Å²) in [5, 5.41) is 5.54. The summed E-state index contributed by atoms with van der Waals surface area (Å²) < 4.78 is 5.76. The summed E-state index contributed by atoms with van der Waals surface area (Å²) >= 11 is 0. The Morgan fingerprint density at radius 2 is 1.67 bits per heavy atom. The molecule has 2 unspecified atom stereocenters. The average Bonchev–Trinajstić information content (AvgIpc) is 2.90. The number of nitrogens with one attached hydrogen (secondary N) is 1. The second-order valence-electron chi connectivity index (χ2n) is 9.33. The van der Waals surface area contributed by atoms with Crippen LogP contribution in [-0.2, 0) is 4.79 Å². The van der Waals surface area contributed by atoms with Crippen molar-refractivity contribution in [3.8, 4) is 5.75 Å². The predicted octanol–water partition coefficient (Wildman–Crippen LogP) is 4.94. The van der Waals surface area contributed by atoms with Crippen LogP contribution in [0.1, 0.15) is 44.9 Å². The van der Waals surface area contributed by atoms with Crippen molar-refractivity contribution in [2.24, 2.45) is 23.2 Å². The Labute approximate surface area is 161 Å². The van der Waals surface area contributed by atoms with Gasteiger partial charge < -0.3 is 10.1 Å². The van der Waals surface area contributed by atoms with Crippen molar-refractivity contribution in [2.45, 2.75) is 44.9 Å². The van der Waals surface area contributed by atoms with Gasteiger partial charge in [0.2, 0.25) is 0 Å². The fourth-order valence-corrected chi connectivity index (χ4v) is 6.33. The van der Waals surface area contributed by atoms with Gasteiger partial charge in [0.05, 0.1) is 0 Å². The lowest BCUT2D eigenvalue weighted by molar-refractivity contribution is -0.124. The van der Waals surface area contributed by atoms with Crippen molar-refractivity contribution in [2.75, 3.05) is 13.2 Å². The number of ether oxygens (including phenoxy) is 1. The molecule has 142 valence electrons. The van der Waals surface area contributed by atoms with Crippen LogP contribution in [0.2, 0.25) is 0 Å². The number of carbonyl (C=O) groups is 1. The summed E-state index contributed by atoms with van der Waals surface area (Å²) in [5.74, 6) is 3.49. The smallest absolute Gasteiger partial charge is 0.257 e. The van der Waals surface area contributed by atoms with Gasteiger partial charge in [0, 0.05) is 6.54 Å². The van der Waals surface area contributed by atoms with Gasteiger partial charge in [-0.2, -0.15) is 0 Å². The number of amides is 1. The molecule has 0 spiro atoms. The molecule has 2 aromatic carbocycles. The second kappa shape index (κ2) is 6.85. The summed E-state index contributed by atoms with van der Waals surface area (Å²) in [5.41, 5.74) is 0.367. The standard InChI is InChI=1S/C24H29NO2/c26-23(15-27-22-8-7-20-3-1-2-4-21(20)11-22)25-16-24-12-17-5-6-18(13-24)10-19(9-17)14-24/h1-4,7-8,11,17-19H,5-6,9-10,12-16H2,(H,25,26)/t17-,18+,19?,24?.